The minimum absolute atomic E-state index is 0.0210. The maximum absolute atomic E-state index is 12.6. The summed E-state index contributed by atoms with van der Waals surface area (Å²) >= 11 is 1.28. The first kappa shape index (κ1) is 20.7. The summed E-state index contributed by atoms with van der Waals surface area (Å²) in [6.07, 6.45) is 0. The van der Waals surface area contributed by atoms with Gasteiger partial charge in [-0.15, -0.1) is 10.2 Å². The van der Waals surface area contributed by atoms with Crippen LogP contribution < -0.4 is 19.5 Å². The summed E-state index contributed by atoms with van der Waals surface area (Å²) in [7, 11) is 3.43. The smallest absolute Gasteiger partial charge is 0.262 e. The molecule has 0 radical (unpaired) electrons. The Labute approximate surface area is 182 Å². The molecule has 1 aliphatic rings. The molecule has 10 heteroatoms. The van der Waals surface area contributed by atoms with Gasteiger partial charge >= 0.3 is 0 Å². The number of hydrogen-bond acceptors (Lipinski definition) is 8. The minimum atomic E-state index is -0.241. The molecule has 0 fully saturated rings. The maximum Gasteiger partial charge on any atom is 0.262 e. The van der Waals surface area contributed by atoms with Gasteiger partial charge in [0.05, 0.1) is 18.6 Å². The molecule has 0 atom stereocenters. The molecule has 2 heterocycles. The van der Waals surface area contributed by atoms with Crippen LogP contribution in [0.2, 0.25) is 0 Å². The fourth-order valence-electron chi connectivity index (χ4n) is 2.89. The Morgan fingerprint density at radius 2 is 1.97 bits per heavy atom. The van der Waals surface area contributed by atoms with Crippen LogP contribution in [0.25, 0.3) is 0 Å². The van der Waals surface area contributed by atoms with Crippen LogP contribution in [0.3, 0.4) is 0 Å². The number of aromatic nitrogens is 3. The summed E-state index contributed by atoms with van der Waals surface area (Å²) in [6.45, 7) is 0.224. The topological polar surface area (TPSA) is 105 Å². The number of anilines is 1. The number of fused-ring (bicyclic) bond motifs is 1. The highest BCUT2D eigenvalue weighted by Gasteiger charge is 2.19. The lowest BCUT2D eigenvalue weighted by Gasteiger charge is -2.18. The number of carbonyl (C=O) groups is 2. The van der Waals surface area contributed by atoms with Crippen molar-refractivity contribution in [3.8, 4) is 17.2 Å². The average Bonchev–Trinajstić information content (AvgIpc) is 3.15. The molecule has 31 heavy (non-hydrogen) atoms. The monoisotopic (exact) mass is 440 g/mol. The van der Waals surface area contributed by atoms with Gasteiger partial charge in [-0.2, -0.15) is 0 Å². The molecular formula is C21H20N4O5S. The van der Waals surface area contributed by atoms with Crippen molar-refractivity contribution >= 4 is 29.1 Å². The Bertz CT molecular complexity index is 1110. The van der Waals surface area contributed by atoms with Gasteiger partial charge in [0.15, 0.2) is 23.4 Å². The number of Topliss-reactive ketones (excluding diaryl/α,β-unsaturated/α-hetero) is 1. The van der Waals surface area contributed by atoms with E-state index in [1.807, 2.05) is 31.3 Å². The predicted molar refractivity (Wildman–Crippen MR) is 114 cm³/mol. The molecule has 0 saturated carbocycles. The number of methoxy groups -OCH3 is 1. The van der Waals surface area contributed by atoms with Crippen molar-refractivity contribution in [3.05, 3.63) is 53.9 Å². The quantitative estimate of drug-likeness (QED) is 0.421. The molecule has 1 aliphatic heterocycles. The standard InChI is InChI=1S/C21H20N4O5S/c1-25-19(10-29-15-6-4-14(28-2)5-7-15)23-24-21(25)31-12-17(26)13-3-8-18-16(9-13)22-20(27)11-30-18/h3-9H,10-12H2,1-2H3,(H,22,27). The summed E-state index contributed by atoms with van der Waals surface area (Å²) in [5.74, 6) is 2.48. The van der Waals surface area contributed by atoms with Gasteiger partial charge in [-0.25, -0.2) is 0 Å². The highest BCUT2D eigenvalue weighted by Crippen LogP contribution is 2.29. The van der Waals surface area contributed by atoms with Gasteiger partial charge in [-0.3, -0.25) is 9.59 Å². The predicted octanol–water partition coefficient (Wildman–Crippen LogP) is 2.71. The van der Waals surface area contributed by atoms with Gasteiger partial charge in [0.25, 0.3) is 5.91 Å². The number of benzene rings is 2. The van der Waals surface area contributed by atoms with Crippen molar-refractivity contribution in [2.75, 3.05) is 24.8 Å². The highest BCUT2D eigenvalue weighted by molar-refractivity contribution is 7.99. The summed E-state index contributed by atoms with van der Waals surface area (Å²) in [5, 5.41) is 11.6. The van der Waals surface area contributed by atoms with Crippen LogP contribution >= 0.6 is 11.8 Å². The number of amides is 1. The lowest BCUT2D eigenvalue weighted by molar-refractivity contribution is -0.118. The van der Waals surface area contributed by atoms with E-state index in [-0.39, 0.29) is 30.7 Å². The van der Waals surface area contributed by atoms with E-state index < -0.39 is 0 Å². The average molecular weight is 440 g/mol. The molecule has 0 spiro atoms. The molecule has 9 nitrogen and oxygen atoms in total. The second kappa shape index (κ2) is 9.09. The SMILES string of the molecule is COc1ccc(OCc2nnc(SCC(=O)c3ccc4c(c3)NC(=O)CO4)n2C)cc1. The van der Waals surface area contributed by atoms with Gasteiger partial charge < -0.3 is 24.1 Å². The number of thioether (sulfide) groups is 1. The molecule has 0 saturated heterocycles. The fraction of sp³-hybridized carbons (Fsp3) is 0.238. The van der Waals surface area contributed by atoms with Crippen molar-refractivity contribution in [1.29, 1.82) is 0 Å². The number of nitrogens with one attached hydrogen (secondary N) is 1. The molecule has 1 amide bonds. The Hall–Kier alpha value is -3.53. The summed E-state index contributed by atoms with van der Waals surface area (Å²) < 4.78 is 18.0. The van der Waals surface area contributed by atoms with Crippen molar-refractivity contribution < 1.29 is 23.8 Å². The highest BCUT2D eigenvalue weighted by atomic mass is 32.2. The summed E-state index contributed by atoms with van der Waals surface area (Å²) in [6, 6.07) is 12.3. The van der Waals surface area contributed by atoms with Crippen LogP contribution in [0.1, 0.15) is 16.2 Å². The molecule has 160 valence electrons. The van der Waals surface area contributed by atoms with Crippen LogP contribution in [0.15, 0.2) is 47.6 Å². The second-order valence-corrected chi connectivity index (χ2v) is 7.62. The zero-order chi connectivity index (χ0) is 21.8. The normalized spacial score (nSPS) is 12.5. The first-order valence-electron chi connectivity index (χ1n) is 9.41. The molecule has 2 aromatic carbocycles. The van der Waals surface area contributed by atoms with Gasteiger partial charge in [0.2, 0.25) is 0 Å². The third-order valence-electron chi connectivity index (χ3n) is 4.62. The molecular weight excluding hydrogens is 420 g/mol. The van der Waals surface area contributed by atoms with Crippen molar-refractivity contribution in [3.63, 3.8) is 0 Å². The first-order valence-corrected chi connectivity index (χ1v) is 10.4. The van der Waals surface area contributed by atoms with Crippen molar-refractivity contribution in [2.24, 2.45) is 7.05 Å². The van der Waals surface area contributed by atoms with Gasteiger partial charge in [0, 0.05) is 12.6 Å². The van der Waals surface area contributed by atoms with Gasteiger partial charge in [0.1, 0.15) is 23.9 Å². The second-order valence-electron chi connectivity index (χ2n) is 6.68. The molecule has 1 aromatic heterocycles. The van der Waals surface area contributed by atoms with E-state index in [1.165, 1.54) is 11.8 Å². The molecule has 3 aromatic rings. The molecule has 1 N–H and O–H groups in total. The zero-order valence-electron chi connectivity index (χ0n) is 17.0. The summed E-state index contributed by atoms with van der Waals surface area (Å²) in [4.78, 5) is 24.1. The Kier molecular flexibility index (Phi) is 6.08. The zero-order valence-corrected chi connectivity index (χ0v) is 17.8. The Morgan fingerprint density at radius 1 is 1.19 bits per heavy atom. The number of nitrogens with zero attached hydrogens (tertiary/aromatic N) is 3. The van der Waals surface area contributed by atoms with Crippen molar-refractivity contribution in [2.45, 2.75) is 11.8 Å². The number of hydrogen-bond donors (Lipinski definition) is 1. The van der Waals surface area contributed by atoms with E-state index in [9.17, 15) is 9.59 Å². The largest absolute Gasteiger partial charge is 0.497 e. The third-order valence-corrected chi connectivity index (χ3v) is 5.64. The number of ketones is 1. The number of rotatable bonds is 8. The van der Waals surface area contributed by atoms with Crippen LogP contribution in [-0.2, 0) is 18.4 Å². The van der Waals surface area contributed by atoms with Gasteiger partial charge in [-0.05, 0) is 42.5 Å². The number of carbonyl (C=O) groups excluding carboxylic acids is 2. The van der Waals surface area contributed by atoms with Crippen molar-refractivity contribution in [1.82, 2.24) is 14.8 Å². The van der Waals surface area contributed by atoms with E-state index in [0.29, 0.717) is 33.7 Å². The van der Waals surface area contributed by atoms with E-state index in [4.69, 9.17) is 14.2 Å². The van der Waals surface area contributed by atoms with Crippen LogP contribution in [0, 0.1) is 0 Å². The van der Waals surface area contributed by atoms with Crippen LogP contribution in [0.4, 0.5) is 5.69 Å². The molecule has 4 rings (SSSR count). The van der Waals surface area contributed by atoms with E-state index in [1.54, 1.807) is 29.9 Å². The molecule has 0 aliphatic carbocycles. The maximum atomic E-state index is 12.6. The molecule has 0 unspecified atom stereocenters. The van der Waals surface area contributed by atoms with Crippen LogP contribution in [-0.4, -0.2) is 45.9 Å². The Morgan fingerprint density at radius 3 is 2.74 bits per heavy atom. The minimum Gasteiger partial charge on any atom is -0.497 e. The lowest BCUT2D eigenvalue weighted by Crippen LogP contribution is -2.25. The van der Waals surface area contributed by atoms with E-state index in [2.05, 4.69) is 15.5 Å². The lowest BCUT2D eigenvalue weighted by atomic mass is 10.1. The van der Waals surface area contributed by atoms with Crippen LogP contribution in [0.5, 0.6) is 17.2 Å². The number of ether oxygens (including phenoxy) is 3. The summed E-state index contributed by atoms with van der Waals surface area (Å²) in [5.41, 5.74) is 0.992. The third kappa shape index (κ3) is 4.80. The van der Waals surface area contributed by atoms with Gasteiger partial charge in [-0.1, -0.05) is 11.8 Å². The van der Waals surface area contributed by atoms with E-state index >= 15 is 0 Å². The fourth-order valence-corrected chi connectivity index (χ4v) is 3.71. The first-order chi connectivity index (χ1) is 15.0. The Balaban J connectivity index is 1.34. The molecule has 0 bridgehead atoms. The van der Waals surface area contributed by atoms with E-state index in [0.717, 1.165) is 5.75 Å².